The average Bonchev–Trinajstić information content (AvgIpc) is 2.91. The summed E-state index contributed by atoms with van der Waals surface area (Å²) >= 11 is 1.44. The van der Waals surface area contributed by atoms with E-state index in [0.29, 0.717) is 5.69 Å². The van der Waals surface area contributed by atoms with Crippen molar-refractivity contribution < 1.29 is 13.2 Å². The van der Waals surface area contributed by atoms with Crippen molar-refractivity contribution in [2.75, 3.05) is 16.8 Å². The van der Waals surface area contributed by atoms with Gasteiger partial charge in [-0.15, -0.1) is 0 Å². The normalized spacial score (nSPS) is 11.7. The number of imidazole rings is 1. The smallest absolute Gasteiger partial charge is 0.225 e. The van der Waals surface area contributed by atoms with Crippen LogP contribution in [0.1, 0.15) is 20.3 Å². The van der Waals surface area contributed by atoms with Gasteiger partial charge >= 0.3 is 0 Å². The molecule has 2 aromatic rings. The van der Waals surface area contributed by atoms with E-state index in [4.69, 9.17) is 0 Å². The monoisotopic (exact) mass is 381 g/mol. The largest absolute Gasteiger partial charge is 0.329 e. The second-order valence-corrected chi connectivity index (χ2v) is 9.46. The molecule has 0 saturated heterocycles. The number of amides is 1. The fourth-order valence-corrected chi connectivity index (χ4v) is 4.83. The summed E-state index contributed by atoms with van der Waals surface area (Å²) in [6.45, 7) is 3.70. The number of carbonyl (C=O) groups excluding carboxylic acids is 1. The molecule has 0 aliphatic heterocycles. The molecular weight excluding hydrogens is 358 g/mol. The van der Waals surface area contributed by atoms with Gasteiger partial charge in [0, 0.05) is 30.8 Å². The second-order valence-electron chi connectivity index (χ2n) is 6.23. The first-order valence-electron chi connectivity index (χ1n) is 8.01. The molecule has 25 heavy (non-hydrogen) atoms. The van der Waals surface area contributed by atoms with Crippen molar-refractivity contribution in [3.8, 4) is 0 Å². The lowest BCUT2D eigenvalue weighted by molar-refractivity contribution is -0.115. The van der Waals surface area contributed by atoms with Crippen LogP contribution >= 0.6 is 11.8 Å². The predicted octanol–water partition coefficient (Wildman–Crippen LogP) is 2.97. The number of aromatic nitrogens is 2. The maximum Gasteiger partial charge on any atom is 0.225 e. The van der Waals surface area contributed by atoms with Crippen LogP contribution in [-0.2, 0) is 21.7 Å². The molecule has 1 amide bonds. The lowest BCUT2D eigenvalue weighted by atomic mass is 10.3. The highest BCUT2D eigenvalue weighted by Gasteiger charge is 2.16. The molecule has 0 fully saturated rings. The molecule has 1 heterocycles. The van der Waals surface area contributed by atoms with E-state index in [1.807, 2.05) is 49.9 Å². The topological polar surface area (TPSA) is 81.1 Å². The molecule has 1 aromatic carbocycles. The molecule has 0 atom stereocenters. The van der Waals surface area contributed by atoms with Gasteiger partial charge in [-0.2, -0.15) is 0 Å². The van der Waals surface area contributed by atoms with Gasteiger partial charge in [0.25, 0.3) is 0 Å². The van der Waals surface area contributed by atoms with E-state index in [-0.39, 0.29) is 29.8 Å². The number of carbonyl (C=O) groups is 1. The number of sulfone groups is 1. The van der Waals surface area contributed by atoms with Gasteiger partial charge in [0.15, 0.2) is 15.0 Å². The number of para-hydroxylation sites is 1. The highest BCUT2D eigenvalue weighted by molar-refractivity contribution is 7.99. The average molecular weight is 382 g/mol. The Morgan fingerprint density at radius 3 is 2.68 bits per heavy atom. The fourth-order valence-electron chi connectivity index (χ4n) is 2.26. The van der Waals surface area contributed by atoms with Crippen LogP contribution in [0, 0.1) is 5.92 Å². The Labute approximate surface area is 153 Å². The first-order valence-corrected chi connectivity index (χ1v) is 10.6. The van der Waals surface area contributed by atoms with E-state index in [9.17, 15) is 13.2 Å². The molecule has 2 rings (SSSR count). The van der Waals surface area contributed by atoms with Crippen molar-refractivity contribution in [2.24, 2.45) is 13.0 Å². The minimum atomic E-state index is -3.20. The minimum Gasteiger partial charge on any atom is -0.329 e. The Morgan fingerprint density at radius 1 is 1.32 bits per heavy atom. The van der Waals surface area contributed by atoms with Crippen LogP contribution in [0.25, 0.3) is 0 Å². The SMILES string of the molecule is CC(C)CS(=O)(=O)CCC(=O)Nc1ccccc1Sc1nccn1C. The lowest BCUT2D eigenvalue weighted by Gasteiger charge is -2.11. The van der Waals surface area contributed by atoms with Crippen LogP contribution in [0.15, 0.2) is 46.7 Å². The third-order valence-corrected chi connectivity index (χ3v) is 6.52. The number of aryl methyl sites for hydroxylation is 1. The third-order valence-electron chi connectivity index (χ3n) is 3.37. The molecule has 1 N–H and O–H groups in total. The van der Waals surface area contributed by atoms with E-state index in [0.717, 1.165) is 10.1 Å². The number of hydrogen-bond donors (Lipinski definition) is 1. The van der Waals surface area contributed by atoms with E-state index in [2.05, 4.69) is 10.3 Å². The molecule has 136 valence electrons. The van der Waals surface area contributed by atoms with Gasteiger partial charge in [-0.1, -0.05) is 26.0 Å². The number of nitrogens with one attached hydrogen (secondary N) is 1. The van der Waals surface area contributed by atoms with Gasteiger partial charge in [0.2, 0.25) is 5.91 Å². The summed E-state index contributed by atoms with van der Waals surface area (Å²) in [6.07, 6.45) is 3.52. The summed E-state index contributed by atoms with van der Waals surface area (Å²) in [5, 5.41) is 3.61. The Bertz CT molecular complexity index is 829. The molecule has 0 saturated carbocycles. The van der Waals surface area contributed by atoms with Crippen LogP contribution in [0.4, 0.5) is 5.69 Å². The zero-order chi connectivity index (χ0) is 18.4. The maximum absolute atomic E-state index is 12.2. The highest BCUT2D eigenvalue weighted by Crippen LogP contribution is 2.32. The van der Waals surface area contributed by atoms with E-state index < -0.39 is 9.84 Å². The zero-order valence-electron chi connectivity index (χ0n) is 14.6. The number of rotatable bonds is 8. The number of nitrogens with zero attached hydrogens (tertiary/aromatic N) is 2. The number of benzene rings is 1. The van der Waals surface area contributed by atoms with Gasteiger partial charge in [0.05, 0.1) is 17.2 Å². The van der Waals surface area contributed by atoms with E-state index in [1.54, 1.807) is 12.3 Å². The molecular formula is C17H23N3O3S2. The summed E-state index contributed by atoms with van der Waals surface area (Å²) in [6, 6.07) is 7.40. The number of anilines is 1. The van der Waals surface area contributed by atoms with E-state index in [1.165, 1.54) is 11.8 Å². The summed E-state index contributed by atoms with van der Waals surface area (Å²) in [4.78, 5) is 17.3. The van der Waals surface area contributed by atoms with Crippen LogP contribution in [0.2, 0.25) is 0 Å². The van der Waals surface area contributed by atoms with Crippen molar-refractivity contribution >= 4 is 33.2 Å². The molecule has 0 radical (unpaired) electrons. The zero-order valence-corrected chi connectivity index (χ0v) is 16.2. The molecule has 0 unspecified atom stereocenters. The summed E-state index contributed by atoms with van der Waals surface area (Å²) in [5.41, 5.74) is 0.654. The van der Waals surface area contributed by atoms with Gasteiger partial charge < -0.3 is 9.88 Å². The quantitative estimate of drug-likeness (QED) is 0.760. The first-order chi connectivity index (χ1) is 11.8. The Hall–Kier alpha value is -1.80. The van der Waals surface area contributed by atoms with Crippen LogP contribution < -0.4 is 5.32 Å². The van der Waals surface area contributed by atoms with Crippen LogP contribution in [0.5, 0.6) is 0 Å². The Kier molecular flexibility index (Phi) is 6.66. The van der Waals surface area contributed by atoms with Gasteiger partial charge in [0.1, 0.15) is 0 Å². The molecule has 0 aliphatic carbocycles. The molecule has 6 nitrogen and oxygen atoms in total. The van der Waals surface area contributed by atoms with Crippen molar-refractivity contribution in [2.45, 2.75) is 30.3 Å². The summed E-state index contributed by atoms with van der Waals surface area (Å²) in [5.74, 6) is -0.277. The Morgan fingerprint density at radius 2 is 2.04 bits per heavy atom. The molecule has 1 aromatic heterocycles. The summed E-state index contributed by atoms with van der Waals surface area (Å²) < 4.78 is 25.7. The van der Waals surface area contributed by atoms with Gasteiger partial charge in [-0.3, -0.25) is 4.79 Å². The molecule has 8 heteroatoms. The van der Waals surface area contributed by atoms with E-state index >= 15 is 0 Å². The van der Waals surface area contributed by atoms with Gasteiger partial charge in [-0.05, 0) is 29.8 Å². The van der Waals surface area contributed by atoms with Crippen molar-refractivity contribution in [1.82, 2.24) is 9.55 Å². The van der Waals surface area contributed by atoms with Gasteiger partial charge in [-0.25, -0.2) is 13.4 Å². The third kappa shape index (κ3) is 6.21. The summed E-state index contributed by atoms with van der Waals surface area (Å²) in [7, 11) is -1.31. The standard InChI is InChI=1S/C17H23N3O3S2/c1-13(2)12-25(22,23)11-8-16(21)19-14-6-4-5-7-15(14)24-17-18-9-10-20(17)3/h4-7,9-10,13H,8,11-12H2,1-3H3,(H,19,21). The molecule has 0 spiro atoms. The molecule has 0 aliphatic rings. The predicted molar refractivity (Wildman–Crippen MR) is 101 cm³/mol. The van der Waals surface area contributed by atoms with Crippen molar-refractivity contribution in [3.63, 3.8) is 0 Å². The maximum atomic E-state index is 12.2. The van der Waals surface area contributed by atoms with Crippen molar-refractivity contribution in [3.05, 3.63) is 36.7 Å². The van der Waals surface area contributed by atoms with Crippen LogP contribution in [0.3, 0.4) is 0 Å². The first kappa shape index (κ1) is 19.5. The fraction of sp³-hybridized carbons (Fsp3) is 0.412. The second kappa shape index (κ2) is 8.53. The highest BCUT2D eigenvalue weighted by atomic mass is 32.2. The van der Waals surface area contributed by atoms with Crippen LogP contribution in [-0.4, -0.2) is 35.4 Å². The minimum absolute atomic E-state index is 0.0452. The molecule has 0 bridgehead atoms. The number of hydrogen-bond acceptors (Lipinski definition) is 5. The van der Waals surface area contributed by atoms with Crippen molar-refractivity contribution in [1.29, 1.82) is 0 Å². The lowest BCUT2D eigenvalue weighted by Crippen LogP contribution is -2.21. The Balaban J connectivity index is 2.00.